The summed E-state index contributed by atoms with van der Waals surface area (Å²) in [5.74, 6) is 3.26. The molecule has 2 nitrogen and oxygen atoms in total. The lowest BCUT2D eigenvalue weighted by Gasteiger charge is -2.58. The third-order valence-corrected chi connectivity index (χ3v) is 11.0. The average molecular weight is 373 g/mol. The first kappa shape index (κ1) is 18.7. The Hall–Kier alpha value is -0.340. The molecule has 0 aromatic carbocycles. The summed E-state index contributed by atoms with van der Waals surface area (Å²) in [6.07, 6.45) is 10.8. The normalized spacial score (nSPS) is 58.3. The van der Waals surface area contributed by atoms with Gasteiger partial charge in [-0.05, 0) is 90.8 Å². The Morgan fingerprint density at radius 3 is 2.44 bits per heavy atom. The molecule has 0 aromatic heterocycles. The van der Waals surface area contributed by atoms with Crippen LogP contribution in [-0.4, -0.2) is 22.9 Å². The average Bonchev–Trinajstić information content (AvgIpc) is 3.18. The van der Waals surface area contributed by atoms with E-state index in [1.54, 1.807) is 5.57 Å². The number of allylic oxidation sites excluding steroid dienone is 1. The predicted octanol–water partition coefficient (Wildman–Crippen LogP) is 5.19. The molecule has 0 radical (unpaired) electrons. The largest absolute Gasteiger partial charge is 0.396 e. The second kappa shape index (κ2) is 5.42. The van der Waals surface area contributed by atoms with Gasteiger partial charge in [-0.25, -0.2) is 0 Å². The van der Waals surface area contributed by atoms with E-state index in [2.05, 4.69) is 40.7 Å². The second-order valence-corrected chi connectivity index (χ2v) is 12.3. The smallest absolute Gasteiger partial charge is 0.0637 e. The monoisotopic (exact) mass is 372 g/mol. The summed E-state index contributed by atoms with van der Waals surface area (Å²) in [4.78, 5) is 0. The zero-order chi connectivity index (χ0) is 19.4. The van der Waals surface area contributed by atoms with Crippen LogP contribution < -0.4 is 0 Å². The molecule has 0 heterocycles. The maximum absolute atomic E-state index is 11.4. The van der Waals surface area contributed by atoms with Gasteiger partial charge in [-0.1, -0.05) is 46.3 Å². The summed E-state index contributed by atoms with van der Waals surface area (Å²) in [6.45, 7) is 12.5. The number of fused-ring (bicyclic) bond motifs is 7. The van der Waals surface area contributed by atoms with Crippen LogP contribution in [0.5, 0.6) is 0 Å². The number of aliphatic hydroxyl groups excluding tert-OH is 2. The van der Waals surface area contributed by atoms with Crippen LogP contribution >= 0.6 is 0 Å². The van der Waals surface area contributed by atoms with Crippen molar-refractivity contribution >= 4 is 0 Å². The quantitative estimate of drug-likeness (QED) is 0.622. The van der Waals surface area contributed by atoms with Crippen molar-refractivity contribution in [3.63, 3.8) is 0 Å². The molecule has 27 heavy (non-hydrogen) atoms. The van der Waals surface area contributed by atoms with E-state index in [4.69, 9.17) is 0 Å². The lowest BCUT2D eigenvalue weighted by Crippen LogP contribution is -2.57. The number of hydrogen-bond acceptors (Lipinski definition) is 2. The molecule has 2 N–H and O–H groups in total. The molecule has 4 fully saturated rings. The fourth-order valence-electron chi connectivity index (χ4n) is 9.42. The number of aliphatic hydroxyl groups is 2. The van der Waals surface area contributed by atoms with E-state index >= 15 is 0 Å². The van der Waals surface area contributed by atoms with Crippen LogP contribution in [0.2, 0.25) is 0 Å². The molecule has 152 valence electrons. The Morgan fingerprint density at radius 2 is 1.74 bits per heavy atom. The summed E-state index contributed by atoms with van der Waals surface area (Å²) >= 11 is 0. The zero-order valence-corrected chi connectivity index (χ0v) is 18.1. The molecular formula is C25H40O2. The maximum atomic E-state index is 11.4. The van der Waals surface area contributed by atoms with E-state index in [0.717, 1.165) is 24.7 Å². The molecule has 0 saturated heterocycles. The molecule has 0 aliphatic heterocycles. The van der Waals surface area contributed by atoms with Crippen molar-refractivity contribution < 1.29 is 10.2 Å². The minimum Gasteiger partial charge on any atom is -0.396 e. The lowest BCUT2D eigenvalue weighted by molar-refractivity contribution is -0.145. The molecule has 2 heteroatoms. The van der Waals surface area contributed by atoms with Gasteiger partial charge in [-0.3, -0.25) is 0 Å². The van der Waals surface area contributed by atoms with Gasteiger partial charge in [-0.2, -0.15) is 0 Å². The first-order chi connectivity index (χ1) is 12.6. The second-order valence-electron chi connectivity index (χ2n) is 12.3. The highest BCUT2D eigenvalue weighted by atomic mass is 16.3. The van der Waals surface area contributed by atoms with Gasteiger partial charge in [-0.15, -0.1) is 0 Å². The molecule has 5 aliphatic carbocycles. The van der Waals surface area contributed by atoms with Crippen molar-refractivity contribution in [3.8, 4) is 0 Å². The molecule has 0 aromatic rings. The Bertz CT molecular complexity index is 680. The van der Waals surface area contributed by atoms with Crippen LogP contribution in [0.25, 0.3) is 0 Å². The van der Waals surface area contributed by atoms with Gasteiger partial charge >= 0.3 is 0 Å². The standard InChI is InChI=1S/C25H40O2/c1-15-6-7-16-8-9-17-18(24(15,16)5)12-23(4)19(27)13-25(14-26)11-10-22(2,3)21(25)20(17)23/h12,15-17,19-21,26-27H,6-11,13-14H2,1-5H3. The Labute approximate surface area is 165 Å². The van der Waals surface area contributed by atoms with Crippen LogP contribution in [0.3, 0.4) is 0 Å². The summed E-state index contributed by atoms with van der Waals surface area (Å²) in [5, 5.41) is 22.0. The van der Waals surface area contributed by atoms with E-state index in [0.29, 0.717) is 23.2 Å². The fourth-order valence-corrected chi connectivity index (χ4v) is 9.42. The van der Waals surface area contributed by atoms with Gasteiger partial charge in [0.2, 0.25) is 0 Å². The van der Waals surface area contributed by atoms with Crippen molar-refractivity contribution in [2.45, 2.75) is 85.7 Å². The van der Waals surface area contributed by atoms with Crippen LogP contribution in [0.15, 0.2) is 11.6 Å². The summed E-state index contributed by atoms with van der Waals surface area (Å²) in [5.41, 5.74) is 2.15. The molecular weight excluding hydrogens is 332 g/mol. The van der Waals surface area contributed by atoms with Gasteiger partial charge in [0.15, 0.2) is 0 Å². The summed E-state index contributed by atoms with van der Waals surface area (Å²) < 4.78 is 0. The fraction of sp³-hybridized carbons (Fsp3) is 0.920. The predicted molar refractivity (Wildman–Crippen MR) is 109 cm³/mol. The Kier molecular flexibility index (Phi) is 3.75. The van der Waals surface area contributed by atoms with Crippen LogP contribution in [0.1, 0.15) is 79.6 Å². The first-order valence-electron chi connectivity index (χ1n) is 11.6. The van der Waals surface area contributed by atoms with Gasteiger partial charge in [0, 0.05) is 12.0 Å². The molecule has 0 amide bonds. The van der Waals surface area contributed by atoms with Gasteiger partial charge in [0.1, 0.15) is 0 Å². The Balaban J connectivity index is 1.65. The van der Waals surface area contributed by atoms with Crippen molar-refractivity contribution in [1.82, 2.24) is 0 Å². The highest BCUT2D eigenvalue weighted by Gasteiger charge is 2.69. The SMILES string of the molecule is CC1CCC2CCC3C(=CC4(C)C(O)CC5(CO)CCC(C)(C)C5C34)C12C. The van der Waals surface area contributed by atoms with Crippen molar-refractivity contribution in [2.75, 3.05) is 6.61 Å². The van der Waals surface area contributed by atoms with E-state index in [1.165, 1.54) is 32.1 Å². The van der Waals surface area contributed by atoms with Crippen LogP contribution in [0, 0.1) is 51.2 Å². The van der Waals surface area contributed by atoms with Crippen LogP contribution in [-0.2, 0) is 0 Å². The summed E-state index contributed by atoms with van der Waals surface area (Å²) in [7, 11) is 0. The van der Waals surface area contributed by atoms with E-state index < -0.39 is 0 Å². The minimum atomic E-state index is -0.309. The molecule has 9 atom stereocenters. The van der Waals surface area contributed by atoms with Gasteiger partial charge in [0.25, 0.3) is 0 Å². The summed E-state index contributed by atoms with van der Waals surface area (Å²) in [6, 6.07) is 0. The van der Waals surface area contributed by atoms with Crippen molar-refractivity contribution in [2.24, 2.45) is 51.2 Å². The Morgan fingerprint density at radius 1 is 1.04 bits per heavy atom. The number of hydrogen-bond donors (Lipinski definition) is 2. The highest BCUT2D eigenvalue weighted by molar-refractivity contribution is 5.37. The van der Waals surface area contributed by atoms with Crippen LogP contribution in [0.4, 0.5) is 0 Å². The zero-order valence-electron chi connectivity index (χ0n) is 18.1. The molecule has 4 saturated carbocycles. The third kappa shape index (κ3) is 2.05. The maximum Gasteiger partial charge on any atom is 0.0637 e. The molecule has 5 aliphatic rings. The third-order valence-electron chi connectivity index (χ3n) is 11.0. The van der Waals surface area contributed by atoms with Crippen molar-refractivity contribution in [1.29, 1.82) is 0 Å². The van der Waals surface area contributed by atoms with E-state index in [-0.39, 0.29) is 29.0 Å². The van der Waals surface area contributed by atoms with Gasteiger partial charge in [0.05, 0.1) is 6.10 Å². The number of rotatable bonds is 1. The molecule has 0 bridgehead atoms. The van der Waals surface area contributed by atoms with Gasteiger partial charge < -0.3 is 10.2 Å². The topological polar surface area (TPSA) is 40.5 Å². The molecule has 5 rings (SSSR count). The highest BCUT2D eigenvalue weighted by Crippen LogP contribution is 2.74. The lowest BCUT2D eigenvalue weighted by atomic mass is 9.47. The minimum absolute atomic E-state index is 0.0601. The van der Waals surface area contributed by atoms with E-state index in [1.807, 2.05) is 0 Å². The van der Waals surface area contributed by atoms with Crippen molar-refractivity contribution in [3.05, 3.63) is 11.6 Å². The first-order valence-corrected chi connectivity index (χ1v) is 11.6. The molecule has 0 spiro atoms. The van der Waals surface area contributed by atoms with E-state index in [9.17, 15) is 10.2 Å². The molecule has 9 unspecified atom stereocenters.